The van der Waals surface area contributed by atoms with Crippen LogP contribution >= 0.6 is 0 Å². The molecule has 15 heavy (non-hydrogen) atoms. The molecule has 80 valence electrons. The van der Waals surface area contributed by atoms with Crippen molar-refractivity contribution in [2.45, 2.75) is 11.8 Å². The van der Waals surface area contributed by atoms with E-state index in [2.05, 4.69) is 25.1 Å². The van der Waals surface area contributed by atoms with Crippen molar-refractivity contribution < 1.29 is 8.42 Å². The molecule has 2 heterocycles. The van der Waals surface area contributed by atoms with Crippen LogP contribution in [0.2, 0.25) is 0 Å². The van der Waals surface area contributed by atoms with E-state index in [1.807, 2.05) is 0 Å². The molecule has 0 aliphatic heterocycles. The molecule has 2 aromatic rings. The Morgan fingerprint density at radius 3 is 2.67 bits per heavy atom. The lowest BCUT2D eigenvalue weighted by Gasteiger charge is -2.03. The summed E-state index contributed by atoms with van der Waals surface area (Å²) >= 11 is 0. The second kappa shape index (κ2) is 3.39. The molecule has 0 bridgehead atoms. The molecule has 7 nitrogen and oxygen atoms in total. The van der Waals surface area contributed by atoms with Crippen molar-refractivity contribution in [1.82, 2.24) is 20.4 Å². The number of hydrogen-bond donors (Lipinski definition) is 3. The SMILES string of the molecule is Cc1[nH]ncc1S(=O)(=O)Nc1ccn[nH]1. The van der Waals surface area contributed by atoms with Crippen molar-refractivity contribution in [3.63, 3.8) is 0 Å². The molecule has 0 aromatic carbocycles. The summed E-state index contributed by atoms with van der Waals surface area (Å²) in [7, 11) is -3.59. The van der Waals surface area contributed by atoms with Gasteiger partial charge in [-0.3, -0.25) is 14.9 Å². The largest absolute Gasteiger partial charge is 0.281 e. The van der Waals surface area contributed by atoms with Gasteiger partial charge in [-0.1, -0.05) is 0 Å². The van der Waals surface area contributed by atoms with Crippen LogP contribution in [-0.4, -0.2) is 28.8 Å². The highest BCUT2D eigenvalue weighted by molar-refractivity contribution is 7.92. The number of nitrogens with one attached hydrogen (secondary N) is 3. The second-order valence-corrected chi connectivity index (χ2v) is 4.59. The van der Waals surface area contributed by atoms with Crippen LogP contribution in [0.1, 0.15) is 5.69 Å². The van der Waals surface area contributed by atoms with Crippen LogP contribution in [0.5, 0.6) is 0 Å². The molecule has 0 aliphatic rings. The highest BCUT2D eigenvalue weighted by atomic mass is 32.2. The van der Waals surface area contributed by atoms with Crippen molar-refractivity contribution in [3.8, 4) is 0 Å². The van der Waals surface area contributed by atoms with Crippen LogP contribution in [0.15, 0.2) is 23.4 Å². The van der Waals surface area contributed by atoms with Gasteiger partial charge in [0.25, 0.3) is 10.0 Å². The predicted molar refractivity (Wildman–Crippen MR) is 52.7 cm³/mol. The molecule has 0 atom stereocenters. The normalized spacial score (nSPS) is 11.5. The van der Waals surface area contributed by atoms with E-state index in [4.69, 9.17) is 0 Å². The van der Waals surface area contributed by atoms with Gasteiger partial charge >= 0.3 is 0 Å². The number of sulfonamides is 1. The molecule has 0 fully saturated rings. The van der Waals surface area contributed by atoms with Gasteiger partial charge in [-0.15, -0.1) is 0 Å². The molecule has 2 aromatic heterocycles. The fourth-order valence-corrected chi connectivity index (χ4v) is 2.28. The molecule has 0 aliphatic carbocycles. The first-order chi connectivity index (χ1) is 7.09. The minimum Gasteiger partial charge on any atom is -0.281 e. The molecule has 0 spiro atoms. The van der Waals surface area contributed by atoms with Crippen molar-refractivity contribution in [1.29, 1.82) is 0 Å². The number of aromatic amines is 2. The van der Waals surface area contributed by atoms with Gasteiger partial charge in [-0.05, 0) is 6.92 Å². The Hall–Kier alpha value is -1.83. The number of anilines is 1. The standard InChI is InChI=1S/C7H9N5O2S/c1-5-6(4-9-10-5)15(13,14)12-7-2-3-8-11-7/h2-4H,1H3,(H,9,10)(H2,8,11,12). The molecular formula is C7H9N5O2S. The number of aromatic nitrogens is 4. The van der Waals surface area contributed by atoms with Crippen LogP contribution < -0.4 is 4.72 Å². The Labute approximate surface area is 86.0 Å². The van der Waals surface area contributed by atoms with Gasteiger partial charge in [-0.2, -0.15) is 10.2 Å². The van der Waals surface area contributed by atoms with E-state index in [1.54, 1.807) is 6.92 Å². The maximum absolute atomic E-state index is 11.8. The first-order valence-electron chi connectivity index (χ1n) is 4.12. The summed E-state index contributed by atoms with van der Waals surface area (Å²) in [6, 6.07) is 1.52. The minimum absolute atomic E-state index is 0.122. The Kier molecular flexibility index (Phi) is 2.19. The van der Waals surface area contributed by atoms with Crippen molar-refractivity contribution in [2.75, 3.05) is 4.72 Å². The van der Waals surface area contributed by atoms with Gasteiger partial charge < -0.3 is 0 Å². The van der Waals surface area contributed by atoms with Gasteiger partial charge in [0.1, 0.15) is 10.7 Å². The molecule has 0 saturated heterocycles. The molecule has 3 N–H and O–H groups in total. The lowest BCUT2D eigenvalue weighted by Crippen LogP contribution is -2.13. The Balaban J connectivity index is 2.33. The quantitative estimate of drug-likeness (QED) is 0.698. The maximum Gasteiger partial charge on any atom is 0.266 e. The van der Waals surface area contributed by atoms with Crippen molar-refractivity contribution >= 4 is 15.8 Å². The zero-order valence-corrected chi connectivity index (χ0v) is 8.67. The number of nitrogens with zero attached hydrogens (tertiary/aromatic N) is 2. The fourth-order valence-electron chi connectivity index (χ4n) is 1.12. The molecule has 0 radical (unpaired) electrons. The topological polar surface area (TPSA) is 104 Å². The number of aryl methyl sites for hydroxylation is 1. The first-order valence-corrected chi connectivity index (χ1v) is 5.60. The van der Waals surface area contributed by atoms with Gasteiger partial charge in [0, 0.05) is 6.07 Å². The molecule has 2 rings (SSSR count). The number of hydrogen-bond acceptors (Lipinski definition) is 4. The number of rotatable bonds is 3. The van der Waals surface area contributed by atoms with Gasteiger partial charge in [-0.25, -0.2) is 8.42 Å². The lowest BCUT2D eigenvalue weighted by molar-refractivity contribution is 0.600. The third-order valence-corrected chi connectivity index (χ3v) is 3.30. The van der Waals surface area contributed by atoms with Gasteiger partial charge in [0.05, 0.1) is 18.1 Å². The Bertz CT molecular complexity index is 542. The van der Waals surface area contributed by atoms with E-state index in [1.165, 1.54) is 18.5 Å². The molecule has 8 heteroatoms. The summed E-state index contributed by atoms with van der Waals surface area (Å²) in [4.78, 5) is 0.122. The lowest BCUT2D eigenvalue weighted by atomic mass is 10.5. The Morgan fingerprint density at radius 1 is 1.33 bits per heavy atom. The average molecular weight is 227 g/mol. The van der Waals surface area contributed by atoms with E-state index in [9.17, 15) is 8.42 Å². The average Bonchev–Trinajstić information content (AvgIpc) is 2.75. The number of H-pyrrole nitrogens is 2. The van der Waals surface area contributed by atoms with Crippen LogP contribution in [0.25, 0.3) is 0 Å². The zero-order chi connectivity index (χ0) is 10.9. The van der Waals surface area contributed by atoms with Crippen molar-refractivity contribution in [3.05, 3.63) is 24.2 Å². The van der Waals surface area contributed by atoms with E-state index in [0.29, 0.717) is 11.5 Å². The molecule has 0 unspecified atom stereocenters. The summed E-state index contributed by atoms with van der Waals surface area (Å²) in [6.45, 7) is 1.63. The summed E-state index contributed by atoms with van der Waals surface area (Å²) < 4.78 is 25.9. The second-order valence-electron chi connectivity index (χ2n) is 2.94. The molecule has 0 saturated carbocycles. The smallest absolute Gasteiger partial charge is 0.266 e. The van der Waals surface area contributed by atoms with Gasteiger partial charge in [0.15, 0.2) is 0 Å². The summed E-state index contributed by atoms with van der Waals surface area (Å²) in [5, 5.41) is 12.3. The third kappa shape index (κ3) is 1.84. The van der Waals surface area contributed by atoms with Crippen molar-refractivity contribution in [2.24, 2.45) is 0 Å². The van der Waals surface area contributed by atoms with E-state index < -0.39 is 10.0 Å². The van der Waals surface area contributed by atoms with Crippen LogP contribution in [0.4, 0.5) is 5.82 Å². The molecule has 0 amide bonds. The zero-order valence-electron chi connectivity index (χ0n) is 7.85. The summed E-state index contributed by atoms with van der Waals surface area (Å²) in [6.07, 6.45) is 2.72. The van der Waals surface area contributed by atoms with E-state index in [-0.39, 0.29) is 4.90 Å². The maximum atomic E-state index is 11.8. The summed E-state index contributed by atoms with van der Waals surface area (Å²) in [5.41, 5.74) is 0.488. The van der Waals surface area contributed by atoms with E-state index in [0.717, 1.165) is 0 Å². The monoisotopic (exact) mass is 227 g/mol. The van der Waals surface area contributed by atoms with Crippen LogP contribution in [0.3, 0.4) is 0 Å². The highest BCUT2D eigenvalue weighted by Crippen LogP contribution is 2.14. The van der Waals surface area contributed by atoms with Crippen LogP contribution in [0, 0.1) is 6.92 Å². The third-order valence-electron chi connectivity index (χ3n) is 1.82. The Morgan fingerprint density at radius 2 is 2.13 bits per heavy atom. The van der Waals surface area contributed by atoms with Gasteiger partial charge in [0.2, 0.25) is 0 Å². The van der Waals surface area contributed by atoms with Crippen LogP contribution in [-0.2, 0) is 10.0 Å². The fraction of sp³-hybridized carbons (Fsp3) is 0.143. The van der Waals surface area contributed by atoms with E-state index >= 15 is 0 Å². The highest BCUT2D eigenvalue weighted by Gasteiger charge is 2.18. The molecular weight excluding hydrogens is 218 g/mol. The summed E-state index contributed by atoms with van der Waals surface area (Å²) in [5.74, 6) is 0.315. The predicted octanol–water partition coefficient (Wildman–Crippen LogP) is 0.242. The first kappa shape index (κ1) is 9.71. The minimum atomic E-state index is -3.59.